The fourth-order valence-corrected chi connectivity index (χ4v) is 2.36. The highest BCUT2D eigenvalue weighted by atomic mass is 16.5. The van der Waals surface area contributed by atoms with Crippen molar-refractivity contribution in [2.75, 3.05) is 6.61 Å². The molecule has 2 heterocycles. The van der Waals surface area contributed by atoms with E-state index in [9.17, 15) is 0 Å². The van der Waals surface area contributed by atoms with Crippen LogP contribution in [0.5, 0.6) is 5.75 Å². The van der Waals surface area contributed by atoms with E-state index in [1.165, 1.54) is 5.56 Å². The van der Waals surface area contributed by atoms with Crippen LogP contribution >= 0.6 is 0 Å². The van der Waals surface area contributed by atoms with Gasteiger partial charge in [-0.2, -0.15) is 0 Å². The topological polar surface area (TPSA) is 31.4 Å². The molecule has 0 spiro atoms. The third-order valence-corrected chi connectivity index (χ3v) is 3.50. The van der Waals surface area contributed by atoms with Gasteiger partial charge in [-0.25, -0.2) is 0 Å². The maximum absolute atomic E-state index is 5.81. The third kappa shape index (κ3) is 3.36. The van der Waals surface area contributed by atoms with Crippen LogP contribution in [0.1, 0.15) is 29.9 Å². The van der Waals surface area contributed by atoms with Crippen molar-refractivity contribution >= 4 is 0 Å². The molecule has 1 fully saturated rings. The molecule has 1 aliphatic rings. The second kappa shape index (κ2) is 6.53. The Morgan fingerprint density at radius 2 is 2.10 bits per heavy atom. The molecule has 0 amide bonds. The molecular weight excluding hydrogens is 250 g/mol. The minimum Gasteiger partial charge on any atom is -0.487 e. The number of hydrogen-bond acceptors (Lipinski definition) is 3. The van der Waals surface area contributed by atoms with Gasteiger partial charge < -0.3 is 9.47 Å². The number of benzene rings is 1. The summed E-state index contributed by atoms with van der Waals surface area (Å²) in [6, 6.07) is 12.2. The summed E-state index contributed by atoms with van der Waals surface area (Å²) in [7, 11) is 0. The predicted molar refractivity (Wildman–Crippen MR) is 77.2 cm³/mol. The van der Waals surface area contributed by atoms with Gasteiger partial charge in [-0.05, 0) is 30.0 Å². The minimum atomic E-state index is 0.424. The molecule has 3 heteroatoms. The smallest absolute Gasteiger partial charge is 0.138 e. The molecule has 1 aromatic carbocycles. The third-order valence-electron chi connectivity index (χ3n) is 3.50. The number of pyridine rings is 1. The lowest BCUT2D eigenvalue weighted by atomic mass is 9.95. The van der Waals surface area contributed by atoms with E-state index in [1.54, 1.807) is 6.20 Å². The Morgan fingerprint density at radius 1 is 1.20 bits per heavy atom. The Labute approximate surface area is 119 Å². The first-order chi connectivity index (χ1) is 9.92. The summed E-state index contributed by atoms with van der Waals surface area (Å²) in [5.74, 6) is 1.24. The Hall–Kier alpha value is -1.87. The second-order valence-electron chi connectivity index (χ2n) is 5.00. The lowest BCUT2D eigenvalue weighted by molar-refractivity contribution is 0.136. The first-order valence-corrected chi connectivity index (χ1v) is 6.97. The molecule has 103 valence electrons. The molecule has 0 aliphatic carbocycles. The van der Waals surface area contributed by atoms with E-state index in [1.807, 2.05) is 31.0 Å². The molecule has 0 saturated carbocycles. The van der Waals surface area contributed by atoms with Crippen LogP contribution in [0.4, 0.5) is 0 Å². The van der Waals surface area contributed by atoms with Crippen molar-refractivity contribution in [2.24, 2.45) is 0 Å². The highest BCUT2D eigenvalue weighted by Crippen LogP contribution is 2.28. The average molecular weight is 268 g/mol. The molecule has 1 aromatic heterocycles. The molecule has 20 heavy (non-hydrogen) atoms. The quantitative estimate of drug-likeness (QED) is 0.847. The van der Waals surface area contributed by atoms with Gasteiger partial charge in [0.2, 0.25) is 0 Å². The molecular formula is C17H18NO2. The highest BCUT2D eigenvalue weighted by Gasteiger charge is 2.17. The van der Waals surface area contributed by atoms with Crippen LogP contribution in [0, 0.1) is 6.61 Å². The van der Waals surface area contributed by atoms with E-state index >= 15 is 0 Å². The Morgan fingerprint density at radius 3 is 2.90 bits per heavy atom. The molecule has 1 unspecified atom stereocenters. The standard InChI is InChI=1S/C17H18NO2/c1-2-5-14(6-3-1)12-20-17-9-16(10-18-11-17)15-7-4-8-19-13-15/h1-3,5-6,8-11,15H,4,7,12-13H2. The highest BCUT2D eigenvalue weighted by molar-refractivity contribution is 5.27. The van der Waals surface area contributed by atoms with Crippen LogP contribution in [-0.4, -0.2) is 11.6 Å². The number of rotatable bonds is 4. The van der Waals surface area contributed by atoms with Gasteiger partial charge in [0, 0.05) is 12.1 Å². The zero-order valence-electron chi connectivity index (χ0n) is 11.4. The molecule has 2 aromatic rings. The summed E-state index contributed by atoms with van der Waals surface area (Å²) in [4.78, 5) is 4.28. The van der Waals surface area contributed by atoms with Gasteiger partial charge in [0.1, 0.15) is 12.4 Å². The first kappa shape index (κ1) is 13.1. The zero-order chi connectivity index (χ0) is 13.6. The molecule has 3 rings (SSSR count). The van der Waals surface area contributed by atoms with Crippen LogP contribution in [0.15, 0.2) is 48.8 Å². The van der Waals surface area contributed by atoms with Crippen molar-refractivity contribution in [3.05, 3.63) is 66.5 Å². The van der Waals surface area contributed by atoms with E-state index in [4.69, 9.17) is 9.47 Å². The van der Waals surface area contributed by atoms with Crippen LogP contribution in [0.2, 0.25) is 0 Å². The number of ether oxygens (including phenoxy) is 2. The summed E-state index contributed by atoms with van der Waals surface area (Å²) in [6.07, 6.45) is 5.79. The van der Waals surface area contributed by atoms with E-state index in [0.29, 0.717) is 12.5 Å². The van der Waals surface area contributed by atoms with E-state index in [2.05, 4.69) is 23.2 Å². The van der Waals surface area contributed by atoms with Crippen molar-refractivity contribution in [3.8, 4) is 5.75 Å². The van der Waals surface area contributed by atoms with Gasteiger partial charge in [0.25, 0.3) is 0 Å². The summed E-state index contributed by atoms with van der Waals surface area (Å²) in [5, 5.41) is 0. The molecule has 1 atom stereocenters. The summed E-state index contributed by atoms with van der Waals surface area (Å²) >= 11 is 0. The number of nitrogens with zero attached hydrogens (tertiary/aromatic N) is 1. The maximum Gasteiger partial charge on any atom is 0.138 e. The summed E-state index contributed by atoms with van der Waals surface area (Å²) < 4.78 is 11.2. The van der Waals surface area contributed by atoms with Gasteiger partial charge in [0.15, 0.2) is 0 Å². The van der Waals surface area contributed by atoms with Crippen molar-refractivity contribution in [3.63, 3.8) is 0 Å². The van der Waals surface area contributed by atoms with Gasteiger partial charge in [-0.15, -0.1) is 0 Å². The van der Waals surface area contributed by atoms with Gasteiger partial charge >= 0.3 is 0 Å². The number of hydrogen-bond donors (Lipinski definition) is 0. The Balaban J connectivity index is 1.65. The van der Waals surface area contributed by atoms with Crippen LogP contribution in [-0.2, 0) is 11.3 Å². The van der Waals surface area contributed by atoms with E-state index in [0.717, 1.165) is 30.8 Å². The fourth-order valence-electron chi connectivity index (χ4n) is 2.36. The van der Waals surface area contributed by atoms with Gasteiger partial charge in [-0.3, -0.25) is 4.98 Å². The van der Waals surface area contributed by atoms with Crippen LogP contribution in [0.25, 0.3) is 0 Å². The predicted octanol–water partition coefficient (Wildman–Crippen LogP) is 3.72. The van der Waals surface area contributed by atoms with Gasteiger partial charge in [-0.1, -0.05) is 30.3 Å². The lowest BCUT2D eigenvalue weighted by Crippen LogP contribution is -2.13. The van der Waals surface area contributed by atoms with Crippen molar-refractivity contribution in [1.82, 2.24) is 4.98 Å². The van der Waals surface area contributed by atoms with E-state index < -0.39 is 0 Å². The molecule has 1 aliphatic heterocycles. The average Bonchev–Trinajstić information content (AvgIpc) is 2.55. The van der Waals surface area contributed by atoms with Crippen LogP contribution < -0.4 is 4.74 Å². The number of aromatic nitrogens is 1. The molecule has 1 saturated heterocycles. The zero-order valence-corrected chi connectivity index (χ0v) is 11.4. The summed E-state index contributed by atoms with van der Waals surface area (Å²) in [6.45, 7) is 3.20. The largest absolute Gasteiger partial charge is 0.487 e. The lowest BCUT2D eigenvalue weighted by Gasteiger charge is -2.22. The molecule has 1 radical (unpaired) electrons. The van der Waals surface area contributed by atoms with Gasteiger partial charge in [0.05, 0.1) is 19.4 Å². The second-order valence-corrected chi connectivity index (χ2v) is 5.00. The van der Waals surface area contributed by atoms with Crippen molar-refractivity contribution < 1.29 is 9.47 Å². The van der Waals surface area contributed by atoms with E-state index in [-0.39, 0.29) is 0 Å². The molecule has 0 N–H and O–H groups in total. The first-order valence-electron chi connectivity index (χ1n) is 6.97. The summed E-state index contributed by atoms with van der Waals surface area (Å²) in [5.41, 5.74) is 2.36. The van der Waals surface area contributed by atoms with Crippen molar-refractivity contribution in [2.45, 2.75) is 25.4 Å². The fraction of sp³-hybridized carbons (Fsp3) is 0.294. The normalized spacial score (nSPS) is 18.7. The van der Waals surface area contributed by atoms with Crippen LogP contribution in [0.3, 0.4) is 0 Å². The minimum absolute atomic E-state index is 0.424. The van der Waals surface area contributed by atoms with Crippen molar-refractivity contribution in [1.29, 1.82) is 0 Å². The monoisotopic (exact) mass is 268 g/mol. The Kier molecular flexibility index (Phi) is 4.28. The molecule has 3 nitrogen and oxygen atoms in total. The molecule has 0 bridgehead atoms. The Bertz CT molecular complexity index is 536. The maximum atomic E-state index is 5.81. The SMILES string of the molecule is [CH]1CCC(c2cncc(OCc3ccccc3)c2)CO1.